The van der Waals surface area contributed by atoms with Gasteiger partial charge in [0.2, 0.25) is 11.5 Å². The molecular formula is C31H27FN4O4S2. The lowest BCUT2D eigenvalue weighted by atomic mass is 9.98. The number of benzene rings is 1. The van der Waals surface area contributed by atoms with E-state index in [-0.39, 0.29) is 18.1 Å². The number of halogens is 1. The van der Waals surface area contributed by atoms with Crippen molar-refractivity contribution in [2.24, 2.45) is 7.05 Å². The average molecular weight is 603 g/mol. The van der Waals surface area contributed by atoms with Crippen molar-refractivity contribution in [2.75, 3.05) is 26.9 Å². The highest BCUT2D eigenvalue weighted by molar-refractivity contribution is 7.18. The molecule has 0 N–H and O–H groups in total. The number of thiazole rings is 1. The van der Waals surface area contributed by atoms with E-state index < -0.39 is 5.82 Å². The van der Waals surface area contributed by atoms with E-state index in [0.717, 1.165) is 31.8 Å². The van der Waals surface area contributed by atoms with Gasteiger partial charge in [-0.2, -0.15) is 0 Å². The van der Waals surface area contributed by atoms with Gasteiger partial charge in [0, 0.05) is 77.1 Å². The van der Waals surface area contributed by atoms with E-state index in [1.54, 1.807) is 48.7 Å². The predicted molar refractivity (Wildman–Crippen MR) is 163 cm³/mol. The van der Waals surface area contributed by atoms with Crippen molar-refractivity contribution in [2.45, 2.75) is 13.0 Å². The molecule has 0 unspecified atom stereocenters. The number of aryl methyl sites for hydroxylation is 1. The van der Waals surface area contributed by atoms with Crippen molar-refractivity contribution >= 4 is 38.7 Å². The molecule has 11 heteroatoms. The van der Waals surface area contributed by atoms with Crippen LogP contribution in [0.25, 0.3) is 43.2 Å². The molecule has 0 saturated heterocycles. The second-order valence-electron chi connectivity index (χ2n) is 9.80. The van der Waals surface area contributed by atoms with Gasteiger partial charge in [0.15, 0.2) is 0 Å². The maximum Gasteiger partial charge on any atom is 0.250 e. The summed E-state index contributed by atoms with van der Waals surface area (Å²) in [4.78, 5) is 37.5. The van der Waals surface area contributed by atoms with Gasteiger partial charge in [0.25, 0.3) is 0 Å². The van der Waals surface area contributed by atoms with Crippen LogP contribution in [0.1, 0.15) is 10.6 Å². The SMILES string of the molecule is C=CC(=O)N1CCc2nc(-c3nc(-c4ccc(=O)n(C)c4)c4ccsc4c3-c3ccc(F)cc3OCCOC)sc2C1. The van der Waals surface area contributed by atoms with E-state index >= 15 is 0 Å². The molecule has 0 saturated carbocycles. The minimum absolute atomic E-state index is 0.115. The Labute approximate surface area is 249 Å². The van der Waals surface area contributed by atoms with E-state index in [0.29, 0.717) is 53.8 Å². The Kier molecular flexibility index (Phi) is 7.72. The van der Waals surface area contributed by atoms with Crippen LogP contribution in [0, 0.1) is 5.82 Å². The van der Waals surface area contributed by atoms with Crippen molar-refractivity contribution in [3.8, 4) is 38.8 Å². The third-order valence-electron chi connectivity index (χ3n) is 7.15. The highest BCUT2D eigenvalue weighted by Crippen LogP contribution is 2.47. The Bertz CT molecular complexity index is 1890. The third-order valence-corrected chi connectivity index (χ3v) is 9.17. The fraction of sp³-hybridized carbons (Fsp3) is 0.226. The summed E-state index contributed by atoms with van der Waals surface area (Å²) in [5, 5.41) is 3.58. The van der Waals surface area contributed by atoms with Crippen LogP contribution in [-0.4, -0.2) is 52.2 Å². The number of hydrogen-bond donors (Lipinski definition) is 0. The van der Waals surface area contributed by atoms with Crippen LogP contribution in [0.3, 0.4) is 0 Å². The molecule has 1 amide bonds. The molecule has 214 valence electrons. The Hall–Kier alpha value is -4.19. The lowest BCUT2D eigenvalue weighted by Crippen LogP contribution is -2.34. The zero-order valence-electron chi connectivity index (χ0n) is 23.1. The lowest BCUT2D eigenvalue weighted by Gasteiger charge is -2.24. The van der Waals surface area contributed by atoms with Crippen molar-refractivity contribution in [3.05, 3.63) is 87.4 Å². The molecular weight excluding hydrogens is 575 g/mol. The number of fused-ring (bicyclic) bond motifs is 2. The number of methoxy groups -OCH3 is 1. The molecule has 1 aromatic carbocycles. The smallest absolute Gasteiger partial charge is 0.250 e. The van der Waals surface area contributed by atoms with Crippen LogP contribution in [0.5, 0.6) is 5.75 Å². The topological polar surface area (TPSA) is 86.6 Å². The van der Waals surface area contributed by atoms with Gasteiger partial charge in [0.1, 0.15) is 28.9 Å². The molecule has 0 bridgehead atoms. The van der Waals surface area contributed by atoms with Gasteiger partial charge in [-0.1, -0.05) is 6.58 Å². The minimum atomic E-state index is -0.415. The number of carbonyl (C=O) groups excluding carboxylic acids is 1. The summed E-state index contributed by atoms with van der Waals surface area (Å²) in [6, 6.07) is 9.79. The van der Waals surface area contributed by atoms with E-state index in [9.17, 15) is 14.0 Å². The molecule has 0 atom stereocenters. The maximum absolute atomic E-state index is 14.5. The summed E-state index contributed by atoms with van der Waals surface area (Å²) in [7, 11) is 3.29. The molecule has 0 spiro atoms. The number of amides is 1. The average Bonchev–Trinajstić information content (AvgIpc) is 3.65. The molecule has 0 radical (unpaired) electrons. The summed E-state index contributed by atoms with van der Waals surface area (Å²) in [6.45, 7) is 5.23. The van der Waals surface area contributed by atoms with Crippen LogP contribution >= 0.6 is 22.7 Å². The summed E-state index contributed by atoms with van der Waals surface area (Å²) in [5.41, 5.74) is 4.40. The largest absolute Gasteiger partial charge is 0.490 e. The Morgan fingerprint density at radius 2 is 2.02 bits per heavy atom. The molecule has 42 heavy (non-hydrogen) atoms. The maximum atomic E-state index is 14.5. The van der Waals surface area contributed by atoms with Gasteiger partial charge in [0.05, 0.1) is 24.5 Å². The summed E-state index contributed by atoms with van der Waals surface area (Å²) < 4.78 is 28.1. The van der Waals surface area contributed by atoms with E-state index in [1.165, 1.54) is 40.2 Å². The first-order chi connectivity index (χ1) is 20.4. The zero-order chi connectivity index (χ0) is 29.4. The lowest BCUT2D eigenvalue weighted by molar-refractivity contribution is -0.126. The number of ether oxygens (including phenoxy) is 2. The normalized spacial score (nSPS) is 12.9. The Morgan fingerprint density at radius 3 is 2.81 bits per heavy atom. The number of rotatable bonds is 8. The Morgan fingerprint density at radius 1 is 1.17 bits per heavy atom. The summed E-state index contributed by atoms with van der Waals surface area (Å²) in [5.74, 6) is -0.152. The minimum Gasteiger partial charge on any atom is -0.490 e. The molecule has 1 aliphatic heterocycles. The molecule has 0 fully saturated rings. The number of carbonyl (C=O) groups is 1. The van der Waals surface area contributed by atoms with Crippen LogP contribution < -0.4 is 10.3 Å². The number of aromatic nitrogens is 3. The first kappa shape index (κ1) is 28.0. The van der Waals surface area contributed by atoms with Gasteiger partial charge in [-0.15, -0.1) is 22.7 Å². The van der Waals surface area contributed by atoms with Gasteiger partial charge in [-0.05, 0) is 35.7 Å². The van der Waals surface area contributed by atoms with Gasteiger partial charge in [-0.25, -0.2) is 14.4 Å². The highest BCUT2D eigenvalue weighted by Gasteiger charge is 2.28. The zero-order valence-corrected chi connectivity index (χ0v) is 24.7. The molecule has 5 aromatic rings. The standard InChI is InChI=1S/C31H27FN4O4S2/c1-4-25(37)36-11-9-22-24(17-36)42-31(33-22)29-27(20-7-6-19(32)15-23(20)40-13-12-39-3)30-21(10-14-41-30)28(34-29)18-5-8-26(38)35(2)16-18/h4-8,10,14-16H,1,9,11-13,17H2,2-3H3. The third kappa shape index (κ3) is 5.15. The number of pyridine rings is 2. The second kappa shape index (κ2) is 11.6. The monoisotopic (exact) mass is 602 g/mol. The van der Waals surface area contributed by atoms with Crippen molar-refractivity contribution in [1.82, 2.24) is 19.4 Å². The van der Waals surface area contributed by atoms with E-state index in [1.807, 2.05) is 11.4 Å². The van der Waals surface area contributed by atoms with Crippen molar-refractivity contribution < 1.29 is 18.7 Å². The first-order valence-electron chi connectivity index (χ1n) is 13.3. The Balaban J connectivity index is 1.60. The van der Waals surface area contributed by atoms with Crippen LogP contribution in [0.4, 0.5) is 4.39 Å². The fourth-order valence-corrected chi connectivity index (χ4v) is 7.13. The highest BCUT2D eigenvalue weighted by atomic mass is 32.1. The molecule has 1 aliphatic rings. The molecule has 8 nitrogen and oxygen atoms in total. The summed E-state index contributed by atoms with van der Waals surface area (Å²) >= 11 is 3.04. The van der Waals surface area contributed by atoms with Gasteiger partial charge in [-0.3, -0.25) is 9.59 Å². The number of thiophene rings is 1. The molecule has 6 rings (SSSR count). The number of hydrogen-bond acceptors (Lipinski definition) is 8. The van der Waals surface area contributed by atoms with Crippen LogP contribution in [0.15, 0.2) is 65.4 Å². The second-order valence-corrected chi connectivity index (χ2v) is 11.8. The van der Waals surface area contributed by atoms with Crippen LogP contribution in [-0.2, 0) is 29.5 Å². The van der Waals surface area contributed by atoms with E-state index in [4.69, 9.17) is 19.4 Å². The first-order valence-corrected chi connectivity index (χ1v) is 15.0. The van der Waals surface area contributed by atoms with Gasteiger partial charge >= 0.3 is 0 Å². The molecule has 4 aromatic heterocycles. The van der Waals surface area contributed by atoms with E-state index in [2.05, 4.69) is 6.58 Å². The fourth-order valence-electron chi connectivity index (χ4n) is 5.05. The summed E-state index contributed by atoms with van der Waals surface area (Å²) in [6.07, 6.45) is 3.72. The van der Waals surface area contributed by atoms with Gasteiger partial charge < -0.3 is 18.9 Å². The van der Waals surface area contributed by atoms with Crippen molar-refractivity contribution in [3.63, 3.8) is 0 Å². The number of nitrogens with zero attached hydrogens (tertiary/aromatic N) is 4. The quantitative estimate of drug-likeness (QED) is 0.168. The van der Waals surface area contributed by atoms with Crippen molar-refractivity contribution in [1.29, 1.82) is 0 Å². The predicted octanol–water partition coefficient (Wildman–Crippen LogP) is 5.69. The van der Waals surface area contributed by atoms with Crippen LogP contribution in [0.2, 0.25) is 0 Å². The molecule has 5 heterocycles. The molecule has 0 aliphatic carbocycles.